The summed E-state index contributed by atoms with van der Waals surface area (Å²) < 4.78 is 0. The van der Waals surface area contributed by atoms with Crippen molar-refractivity contribution in [3.8, 4) is 0 Å². The first-order chi connectivity index (χ1) is 16.9. The second-order valence-electron chi connectivity index (χ2n) is 8.54. The molecule has 4 rings (SSSR count). The van der Waals surface area contributed by atoms with Crippen molar-refractivity contribution in [3.63, 3.8) is 0 Å². The third-order valence-corrected chi connectivity index (χ3v) is 6.15. The molecular weight excluding hydrogens is 450 g/mol. The third-order valence-electron chi connectivity index (χ3n) is 6.15. The largest absolute Gasteiger partial charge is 0.395 e. The number of rotatable bonds is 8. The summed E-state index contributed by atoms with van der Waals surface area (Å²) in [4.78, 5) is 45.3. The molecule has 0 radical (unpaired) electrons. The van der Waals surface area contributed by atoms with Gasteiger partial charge in [-0.2, -0.15) is 0 Å². The van der Waals surface area contributed by atoms with Gasteiger partial charge in [0.25, 0.3) is 5.91 Å². The van der Waals surface area contributed by atoms with E-state index in [0.29, 0.717) is 42.4 Å². The predicted molar refractivity (Wildman–Crippen MR) is 132 cm³/mol. The molecule has 0 saturated carbocycles. The second-order valence-corrected chi connectivity index (χ2v) is 8.54. The number of piperidine rings is 1. The highest BCUT2D eigenvalue weighted by Crippen LogP contribution is 2.32. The number of para-hydroxylation sites is 2. The summed E-state index contributed by atoms with van der Waals surface area (Å²) >= 11 is 0. The van der Waals surface area contributed by atoms with E-state index in [9.17, 15) is 24.6 Å². The lowest BCUT2D eigenvalue weighted by Crippen LogP contribution is -2.41. The van der Waals surface area contributed by atoms with E-state index >= 15 is 0 Å². The van der Waals surface area contributed by atoms with Gasteiger partial charge in [-0.3, -0.25) is 19.4 Å². The molecule has 2 heterocycles. The molecule has 0 aliphatic carbocycles. The van der Waals surface area contributed by atoms with Gasteiger partial charge in [-0.15, -0.1) is 0 Å². The number of anilines is 3. The monoisotopic (exact) mass is 479 g/mol. The molecule has 10 nitrogen and oxygen atoms in total. The molecule has 1 unspecified atom stereocenters. The van der Waals surface area contributed by atoms with E-state index in [1.807, 2.05) is 0 Å². The fourth-order valence-corrected chi connectivity index (χ4v) is 4.36. The van der Waals surface area contributed by atoms with E-state index in [1.165, 1.54) is 4.90 Å². The van der Waals surface area contributed by atoms with Crippen LogP contribution >= 0.6 is 0 Å². The minimum absolute atomic E-state index is 0.0268. The average molecular weight is 480 g/mol. The van der Waals surface area contributed by atoms with Gasteiger partial charge in [0.2, 0.25) is 11.8 Å². The van der Waals surface area contributed by atoms with Crippen LogP contribution in [-0.4, -0.2) is 59.6 Å². The first-order valence-electron chi connectivity index (χ1n) is 11.6. The normalized spacial score (nSPS) is 15.9. The molecule has 35 heavy (non-hydrogen) atoms. The molecule has 10 heteroatoms. The van der Waals surface area contributed by atoms with Crippen molar-refractivity contribution in [2.24, 2.45) is 10.7 Å². The Bertz CT molecular complexity index is 1160. The molecule has 1 saturated heterocycles. The highest BCUT2D eigenvalue weighted by Gasteiger charge is 2.28. The topological polar surface area (TPSA) is 149 Å². The minimum atomic E-state index is -1.61. The van der Waals surface area contributed by atoms with Crippen molar-refractivity contribution in [2.45, 2.75) is 38.3 Å². The van der Waals surface area contributed by atoms with Crippen LogP contribution in [0.25, 0.3) is 0 Å². The zero-order chi connectivity index (χ0) is 24.9. The zero-order valence-electron chi connectivity index (χ0n) is 19.3. The molecule has 2 aromatic rings. The number of aliphatic imine (C=N–C) groups is 1. The highest BCUT2D eigenvalue weighted by molar-refractivity contribution is 6.05. The Morgan fingerprint density at radius 3 is 2.77 bits per heavy atom. The number of amides is 3. The van der Waals surface area contributed by atoms with Crippen LogP contribution in [0.3, 0.4) is 0 Å². The second kappa shape index (κ2) is 10.7. The van der Waals surface area contributed by atoms with Gasteiger partial charge >= 0.3 is 0 Å². The number of aliphatic hydroxyl groups excluding tert-OH is 2. The molecule has 5 N–H and O–H groups in total. The maximum atomic E-state index is 13.1. The lowest BCUT2D eigenvalue weighted by molar-refractivity contribution is -0.129. The molecule has 184 valence electrons. The third kappa shape index (κ3) is 5.33. The van der Waals surface area contributed by atoms with E-state index in [1.54, 1.807) is 47.4 Å². The van der Waals surface area contributed by atoms with Crippen molar-refractivity contribution in [1.82, 2.24) is 0 Å². The van der Waals surface area contributed by atoms with Crippen LogP contribution in [-0.2, 0) is 20.9 Å². The number of fused-ring (bicyclic) bond motifs is 1. The number of nitrogens with zero attached hydrogens (tertiary/aromatic N) is 3. The first kappa shape index (κ1) is 24.4. The zero-order valence-corrected chi connectivity index (χ0v) is 19.3. The summed E-state index contributed by atoms with van der Waals surface area (Å²) in [7, 11) is 0. The van der Waals surface area contributed by atoms with Crippen molar-refractivity contribution >= 4 is 40.6 Å². The van der Waals surface area contributed by atoms with Crippen LogP contribution < -0.4 is 20.9 Å². The fraction of sp³-hybridized carbons (Fsp3) is 0.360. The number of carbonyl (C=O) groups excluding carboxylic acids is 3. The average Bonchev–Trinajstić information content (AvgIpc) is 3.22. The Kier molecular flexibility index (Phi) is 7.42. The summed E-state index contributed by atoms with van der Waals surface area (Å²) in [5, 5.41) is 22.7. The van der Waals surface area contributed by atoms with Crippen molar-refractivity contribution in [3.05, 3.63) is 53.6 Å². The summed E-state index contributed by atoms with van der Waals surface area (Å²) in [5.74, 6) is -0.859. The number of amidine groups is 1. The van der Waals surface area contributed by atoms with Gasteiger partial charge in [0.15, 0.2) is 0 Å². The van der Waals surface area contributed by atoms with Gasteiger partial charge in [-0.05, 0) is 48.7 Å². The quantitative estimate of drug-likeness (QED) is 0.446. The van der Waals surface area contributed by atoms with Crippen LogP contribution in [0.1, 0.15) is 36.8 Å². The minimum Gasteiger partial charge on any atom is -0.395 e. The van der Waals surface area contributed by atoms with E-state index in [4.69, 9.17) is 5.73 Å². The molecule has 3 amide bonds. The number of hydrogen-bond donors (Lipinski definition) is 4. The number of carbonyl (C=O) groups is 3. The number of hydrogen-bond acceptors (Lipinski definition) is 7. The molecule has 0 aromatic heterocycles. The lowest BCUT2D eigenvalue weighted by Gasteiger charge is -2.32. The standard InChI is InChI=1S/C25H29N5O5/c26-24-18-9-8-17(13-16(18)15-27-24)28-25(35)21(32)14-23(34)30(11-12-31)20-6-2-1-5-19(20)29-10-4-3-7-22(29)33/h1-2,5-6,8-9,13,21,31-32H,3-4,7,10-12,14-15H2,(H2,26,27)(H,28,35). The van der Waals surface area contributed by atoms with Gasteiger partial charge in [0, 0.05) is 30.8 Å². The maximum absolute atomic E-state index is 13.1. The Labute approximate surface area is 203 Å². The van der Waals surface area contributed by atoms with Gasteiger partial charge < -0.3 is 31.1 Å². The van der Waals surface area contributed by atoms with Crippen molar-refractivity contribution in [2.75, 3.05) is 34.8 Å². The summed E-state index contributed by atoms with van der Waals surface area (Å²) in [5.41, 5.74) is 8.96. The van der Waals surface area contributed by atoms with Crippen LogP contribution in [0.15, 0.2) is 47.5 Å². The Balaban J connectivity index is 1.46. The molecule has 0 bridgehead atoms. The van der Waals surface area contributed by atoms with Gasteiger partial charge in [0.1, 0.15) is 11.9 Å². The van der Waals surface area contributed by atoms with Crippen LogP contribution in [0.4, 0.5) is 17.1 Å². The van der Waals surface area contributed by atoms with Gasteiger partial charge in [-0.25, -0.2) is 0 Å². The molecule has 1 atom stereocenters. The summed E-state index contributed by atoms with van der Waals surface area (Å²) in [6, 6.07) is 12.1. The Morgan fingerprint density at radius 1 is 1.20 bits per heavy atom. The van der Waals surface area contributed by atoms with Gasteiger partial charge in [-0.1, -0.05) is 12.1 Å². The van der Waals surface area contributed by atoms with E-state index in [-0.39, 0.29) is 19.1 Å². The number of benzene rings is 2. The molecule has 1 fully saturated rings. The fourth-order valence-electron chi connectivity index (χ4n) is 4.36. The molecule has 2 aliphatic rings. The SMILES string of the molecule is NC1=NCc2cc(NC(=O)C(O)CC(=O)N(CCO)c3ccccc3N3CCCCC3=O)ccc21. The smallest absolute Gasteiger partial charge is 0.253 e. The molecule has 2 aromatic carbocycles. The molecular formula is C25H29N5O5. The van der Waals surface area contributed by atoms with E-state index in [0.717, 1.165) is 24.0 Å². The number of aliphatic hydroxyl groups is 2. The van der Waals surface area contributed by atoms with Crippen LogP contribution in [0.2, 0.25) is 0 Å². The Hall–Kier alpha value is -3.76. The maximum Gasteiger partial charge on any atom is 0.253 e. The van der Waals surface area contributed by atoms with Crippen LogP contribution in [0.5, 0.6) is 0 Å². The first-order valence-corrected chi connectivity index (χ1v) is 11.6. The van der Waals surface area contributed by atoms with E-state index in [2.05, 4.69) is 10.3 Å². The Morgan fingerprint density at radius 2 is 2.00 bits per heavy atom. The van der Waals surface area contributed by atoms with E-state index < -0.39 is 24.3 Å². The lowest BCUT2D eigenvalue weighted by atomic mass is 10.1. The summed E-state index contributed by atoms with van der Waals surface area (Å²) in [6.45, 7) is 0.593. The number of nitrogens with one attached hydrogen (secondary N) is 1. The summed E-state index contributed by atoms with van der Waals surface area (Å²) in [6.07, 6.45) is 0.0106. The highest BCUT2D eigenvalue weighted by atomic mass is 16.3. The van der Waals surface area contributed by atoms with Crippen molar-refractivity contribution in [1.29, 1.82) is 0 Å². The number of nitrogens with two attached hydrogens (primary N) is 1. The molecule has 2 aliphatic heterocycles. The molecule has 0 spiro atoms. The van der Waals surface area contributed by atoms with Gasteiger partial charge in [0.05, 0.1) is 30.9 Å². The predicted octanol–water partition coefficient (Wildman–Crippen LogP) is 1.14. The van der Waals surface area contributed by atoms with Crippen LogP contribution in [0, 0.1) is 0 Å². The van der Waals surface area contributed by atoms with Crippen molar-refractivity contribution < 1.29 is 24.6 Å².